The van der Waals surface area contributed by atoms with Crippen LogP contribution in [-0.4, -0.2) is 17.4 Å². The summed E-state index contributed by atoms with van der Waals surface area (Å²) in [5, 5.41) is 11.7. The molecule has 4 heteroatoms. The number of benzene rings is 1. The van der Waals surface area contributed by atoms with Crippen molar-refractivity contribution in [2.24, 2.45) is 11.1 Å². The number of carbonyl (C=O) groups is 1. The van der Waals surface area contributed by atoms with Crippen LogP contribution in [0.1, 0.15) is 57.4 Å². The number of hydrogen-bond acceptors (Lipinski definition) is 4. The highest BCUT2D eigenvalue weighted by Crippen LogP contribution is 2.13. The summed E-state index contributed by atoms with van der Waals surface area (Å²) in [4.78, 5) is 12.0. The average molecular weight is 305 g/mol. The Morgan fingerprint density at radius 3 is 2.55 bits per heavy atom. The second kappa shape index (κ2) is 11.8. The van der Waals surface area contributed by atoms with E-state index in [1.54, 1.807) is 0 Å². The maximum Gasteiger partial charge on any atom is 0.314 e. The molecule has 0 heterocycles. The first kappa shape index (κ1) is 18.2. The van der Waals surface area contributed by atoms with Crippen molar-refractivity contribution in [1.29, 1.82) is 0 Å². The minimum absolute atomic E-state index is 0.256. The van der Waals surface area contributed by atoms with Crippen molar-refractivity contribution in [3.63, 3.8) is 0 Å². The third-order valence-corrected chi connectivity index (χ3v) is 3.64. The van der Waals surface area contributed by atoms with Crippen LogP contribution in [0.5, 0.6) is 0 Å². The molecule has 0 amide bonds. The highest BCUT2D eigenvalue weighted by Gasteiger charge is 2.18. The fourth-order valence-electron chi connectivity index (χ4n) is 2.31. The Morgan fingerprint density at radius 2 is 1.86 bits per heavy atom. The number of esters is 1. The first-order chi connectivity index (χ1) is 10.8. The van der Waals surface area contributed by atoms with Crippen molar-refractivity contribution in [2.45, 2.75) is 58.5 Å². The lowest BCUT2D eigenvalue weighted by Gasteiger charge is -2.11. The Kier molecular flexibility index (Phi) is 9.75. The molecule has 1 N–H and O–H groups in total. The number of nitrogens with zero attached hydrogens (tertiary/aromatic N) is 1. The largest absolute Gasteiger partial charge is 0.460 e. The molecule has 1 aromatic rings. The molecule has 122 valence electrons. The summed E-state index contributed by atoms with van der Waals surface area (Å²) >= 11 is 0. The van der Waals surface area contributed by atoms with Crippen LogP contribution in [0, 0.1) is 5.92 Å². The molecule has 1 unspecified atom stereocenters. The van der Waals surface area contributed by atoms with E-state index in [1.165, 1.54) is 31.9 Å². The van der Waals surface area contributed by atoms with E-state index in [4.69, 9.17) is 9.94 Å². The number of ether oxygens (including phenoxy) is 1. The van der Waals surface area contributed by atoms with E-state index in [1.807, 2.05) is 30.3 Å². The number of oxime groups is 1. The standard InChI is InChI=1S/C18H27NO3/c1-2-3-4-5-6-10-13-17(14-19-21)18(20)22-15-16-11-8-7-9-12-16/h7-9,11-12,14,17,21H,2-6,10,13,15H2,1H3/b19-14-. The van der Waals surface area contributed by atoms with Crippen LogP contribution < -0.4 is 0 Å². The molecule has 0 radical (unpaired) electrons. The van der Waals surface area contributed by atoms with Gasteiger partial charge in [-0.05, 0) is 12.0 Å². The summed E-state index contributed by atoms with van der Waals surface area (Å²) < 4.78 is 5.30. The Labute approximate surface area is 133 Å². The monoisotopic (exact) mass is 305 g/mol. The van der Waals surface area contributed by atoms with E-state index in [-0.39, 0.29) is 12.6 Å². The number of carbonyl (C=O) groups excluding carboxylic acids is 1. The zero-order chi connectivity index (χ0) is 16.0. The Balaban J connectivity index is 2.30. The summed E-state index contributed by atoms with van der Waals surface area (Å²) in [7, 11) is 0. The molecule has 0 aliphatic rings. The van der Waals surface area contributed by atoms with E-state index in [9.17, 15) is 4.79 Å². The van der Waals surface area contributed by atoms with Gasteiger partial charge in [0.15, 0.2) is 0 Å². The molecule has 1 rings (SSSR count). The van der Waals surface area contributed by atoms with Crippen LogP contribution in [0.25, 0.3) is 0 Å². The second-order valence-electron chi connectivity index (χ2n) is 5.52. The molecule has 0 bridgehead atoms. The third kappa shape index (κ3) is 7.81. The number of rotatable bonds is 11. The fraction of sp³-hybridized carbons (Fsp3) is 0.556. The van der Waals surface area contributed by atoms with Gasteiger partial charge in [0.2, 0.25) is 0 Å². The van der Waals surface area contributed by atoms with Crippen LogP contribution in [0.2, 0.25) is 0 Å². The molecule has 0 saturated carbocycles. The van der Waals surface area contributed by atoms with Gasteiger partial charge in [-0.1, -0.05) is 75.8 Å². The average Bonchev–Trinajstić information content (AvgIpc) is 2.55. The summed E-state index contributed by atoms with van der Waals surface area (Å²) in [6, 6.07) is 9.57. The molecule has 0 fully saturated rings. The highest BCUT2D eigenvalue weighted by molar-refractivity contribution is 5.89. The first-order valence-electron chi connectivity index (χ1n) is 8.16. The van der Waals surface area contributed by atoms with Gasteiger partial charge < -0.3 is 9.94 Å². The van der Waals surface area contributed by atoms with Crippen LogP contribution in [0.3, 0.4) is 0 Å². The van der Waals surface area contributed by atoms with Gasteiger partial charge >= 0.3 is 5.97 Å². The van der Waals surface area contributed by atoms with Gasteiger partial charge in [0.1, 0.15) is 6.61 Å². The van der Waals surface area contributed by atoms with Gasteiger partial charge in [-0.2, -0.15) is 0 Å². The molecule has 0 spiro atoms. The molecule has 22 heavy (non-hydrogen) atoms. The molecule has 0 aliphatic heterocycles. The Morgan fingerprint density at radius 1 is 1.18 bits per heavy atom. The van der Waals surface area contributed by atoms with Gasteiger partial charge in [-0.15, -0.1) is 5.16 Å². The zero-order valence-corrected chi connectivity index (χ0v) is 13.4. The summed E-state index contributed by atoms with van der Waals surface area (Å²) in [6.45, 7) is 2.45. The van der Waals surface area contributed by atoms with Crippen LogP contribution in [-0.2, 0) is 16.1 Å². The number of hydrogen-bond donors (Lipinski definition) is 1. The van der Waals surface area contributed by atoms with Gasteiger partial charge in [0.05, 0.1) is 12.1 Å². The first-order valence-corrected chi connectivity index (χ1v) is 8.16. The molecule has 1 aromatic carbocycles. The zero-order valence-electron chi connectivity index (χ0n) is 13.4. The van der Waals surface area contributed by atoms with E-state index in [0.29, 0.717) is 6.42 Å². The lowest BCUT2D eigenvalue weighted by atomic mass is 10.0. The topological polar surface area (TPSA) is 58.9 Å². The predicted octanol–water partition coefficient (Wildman–Crippen LogP) is 4.56. The van der Waals surface area contributed by atoms with Crippen LogP contribution in [0.15, 0.2) is 35.5 Å². The molecule has 1 atom stereocenters. The summed E-state index contributed by atoms with van der Waals surface area (Å²) in [6.07, 6.45) is 8.92. The molecular formula is C18H27NO3. The molecule has 0 aliphatic carbocycles. The summed E-state index contributed by atoms with van der Waals surface area (Å²) in [5.41, 5.74) is 0.954. The van der Waals surface area contributed by atoms with E-state index >= 15 is 0 Å². The smallest absolute Gasteiger partial charge is 0.314 e. The molecule has 4 nitrogen and oxygen atoms in total. The SMILES string of the molecule is CCCCCCCCC(/C=N\O)C(=O)OCc1ccccc1. The normalized spacial score (nSPS) is 12.4. The Bertz CT molecular complexity index is 431. The van der Waals surface area contributed by atoms with E-state index < -0.39 is 5.92 Å². The van der Waals surface area contributed by atoms with Crippen molar-refractivity contribution < 1.29 is 14.7 Å². The molecular weight excluding hydrogens is 278 g/mol. The minimum atomic E-state index is -0.458. The minimum Gasteiger partial charge on any atom is -0.460 e. The van der Waals surface area contributed by atoms with Crippen molar-refractivity contribution in [3.05, 3.63) is 35.9 Å². The van der Waals surface area contributed by atoms with E-state index in [2.05, 4.69) is 12.1 Å². The lowest BCUT2D eigenvalue weighted by Crippen LogP contribution is -2.19. The van der Waals surface area contributed by atoms with Gasteiger partial charge in [0, 0.05) is 0 Å². The fourth-order valence-corrected chi connectivity index (χ4v) is 2.31. The van der Waals surface area contributed by atoms with Gasteiger partial charge in [-0.3, -0.25) is 4.79 Å². The second-order valence-corrected chi connectivity index (χ2v) is 5.52. The number of unbranched alkanes of at least 4 members (excludes halogenated alkanes) is 5. The highest BCUT2D eigenvalue weighted by atomic mass is 16.5. The predicted molar refractivity (Wildman–Crippen MR) is 88.0 cm³/mol. The van der Waals surface area contributed by atoms with Crippen molar-refractivity contribution >= 4 is 12.2 Å². The van der Waals surface area contributed by atoms with E-state index in [0.717, 1.165) is 18.4 Å². The van der Waals surface area contributed by atoms with Gasteiger partial charge in [0.25, 0.3) is 0 Å². The van der Waals surface area contributed by atoms with Crippen LogP contribution in [0.4, 0.5) is 0 Å². The molecule has 0 saturated heterocycles. The Hall–Kier alpha value is -1.84. The third-order valence-electron chi connectivity index (χ3n) is 3.64. The molecule has 0 aromatic heterocycles. The maximum atomic E-state index is 12.0. The van der Waals surface area contributed by atoms with Crippen molar-refractivity contribution in [3.8, 4) is 0 Å². The maximum absolute atomic E-state index is 12.0. The van der Waals surface area contributed by atoms with Crippen LogP contribution >= 0.6 is 0 Å². The van der Waals surface area contributed by atoms with Crippen molar-refractivity contribution in [2.75, 3.05) is 0 Å². The van der Waals surface area contributed by atoms with Gasteiger partial charge in [-0.25, -0.2) is 0 Å². The van der Waals surface area contributed by atoms with Crippen molar-refractivity contribution in [1.82, 2.24) is 0 Å². The lowest BCUT2D eigenvalue weighted by molar-refractivity contribution is -0.147. The quantitative estimate of drug-likeness (QED) is 0.214. The summed E-state index contributed by atoms with van der Waals surface area (Å²) in [5.74, 6) is -0.782.